The van der Waals surface area contributed by atoms with Crippen LogP contribution in [0.1, 0.15) is 45.6 Å². The van der Waals surface area contributed by atoms with Crippen LogP contribution in [0, 0.1) is 5.92 Å². The van der Waals surface area contributed by atoms with Crippen LogP contribution in [0.2, 0.25) is 0 Å². The smallest absolute Gasteiger partial charge is 0.224 e. The van der Waals surface area contributed by atoms with E-state index >= 15 is 0 Å². The van der Waals surface area contributed by atoms with Crippen LogP contribution in [0.5, 0.6) is 5.88 Å². The van der Waals surface area contributed by atoms with Gasteiger partial charge < -0.3 is 20.3 Å². The molecule has 1 amide bonds. The monoisotopic (exact) mass is 375 g/mol. The van der Waals surface area contributed by atoms with Crippen molar-refractivity contribution in [3.05, 3.63) is 23.9 Å². The SMILES string of the molecule is CCNC(=NCc1ccnc(OCC2CC2)c1)NCCC(=O)N(CC)CC. The summed E-state index contributed by atoms with van der Waals surface area (Å²) in [5.41, 5.74) is 1.05. The summed E-state index contributed by atoms with van der Waals surface area (Å²) >= 11 is 0. The second-order valence-electron chi connectivity index (χ2n) is 6.69. The lowest BCUT2D eigenvalue weighted by Gasteiger charge is -2.19. The summed E-state index contributed by atoms with van der Waals surface area (Å²) in [5.74, 6) is 2.24. The molecule has 1 aliphatic rings. The normalized spacial score (nSPS) is 14.0. The van der Waals surface area contributed by atoms with Gasteiger partial charge in [-0.25, -0.2) is 9.98 Å². The molecule has 150 valence electrons. The second-order valence-corrected chi connectivity index (χ2v) is 6.69. The number of amides is 1. The first-order valence-electron chi connectivity index (χ1n) is 10.0. The van der Waals surface area contributed by atoms with E-state index in [0.29, 0.717) is 37.3 Å². The van der Waals surface area contributed by atoms with Gasteiger partial charge in [-0.05, 0) is 51.2 Å². The van der Waals surface area contributed by atoms with E-state index in [0.717, 1.165) is 31.8 Å². The number of nitrogens with zero attached hydrogens (tertiary/aromatic N) is 3. The first-order chi connectivity index (χ1) is 13.2. The average Bonchev–Trinajstić information content (AvgIpc) is 3.50. The van der Waals surface area contributed by atoms with E-state index < -0.39 is 0 Å². The molecule has 7 heteroatoms. The number of hydrogen-bond acceptors (Lipinski definition) is 4. The Labute approximate surface area is 162 Å². The van der Waals surface area contributed by atoms with Crippen LogP contribution in [0.25, 0.3) is 0 Å². The van der Waals surface area contributed by atoms with E-state index in [2.05, 4.69) is 20.6 Å². The third-order valence-corrected chi connectivity index (χ3v) is 4.47. The highest BCUT2D eigenvalue weighted by molar-refractivity contribution is 5.81. The highest BCUT2D eigenvalue weighted by Crippen LogP contribution is 2.29. The van der Waals surface area contributed by atoms with Crippen molar-refractivity contribution < 1.29 is 9.53 Å². The predicted octanol–water partition coefficient (Wildman–Crippen LogP) is 2.18. The molecule has 1 aliphatic carbocycles. The molecular weight excluding hydrogens is 342 g/mol. The number of aromatic nitrogens is 1. The fraction of sp³-hybridized carbons (Fsp3) is 0.650. The number of carbonyl (C=O) groups excluding carboxylic acids is 1. The number of nitrogens with one attached hydrogen (secondary N) is 2. The Bertz CT molecular complexity index is 612. The van der Waals surface area contributed by atoms with Crippen molar-refractivity contribution in [2.45, 2.75) is 46.6 Å². The van der Waals surface area contributed by atoms with Gasteiger partial charge in [0.15, 0.2) is 5.96 Å². The van der Waals surface area contributed by atoms with Crippen molar-refractivity contribution in [2.75, 3.05) is 32.8 Å². The van der Waals surface area contributed by atoms with Gasteiger partial charge in [-0.3, -0.25) is 4.79 Å². The fourth-order valence-electron chi connectivity index (χ4n) is 2.65. The number of hydrogen-bond donors (Lipinski definition) is 2. The highest BCUT2D eigenvalue weighted by atomic mass is 16.5. The fourth-order valence-corrected chi connectivity index (χ4v) is 2.65. The maximum absolute atomic E-state index is 12.1. The van der Waals surface area contributed by atoms with Crippen molar-refractivity contribution >= 4 is 11.9 Å². The molecule has 0 atom stereocenters. The predicted molar refractivity (Wildman–Crippen MR) is 108 cm³/mol. The molecular formula is C20H33N5O2. The largest absolute Gasteiger partial charge is 0.477 e. The molecule has 7 nitrogen and oxygen atoms in total. The van der Waals surface area contributed by atoms with Crippen LogP contribution in [-0.4, -0.2) is 54.5 Å². The minimum atomic E-state index is 0.162. The van der Waals surface area contributed by atoms with Crippen LogP contribution in [0.15, 0.2) is 23.3 Å². The van der Waals surface area contributed by atoms with Crippen LogP contribution < -0.4 is 15.4 Å². The van der Waals surface area contributed by atoms with Crippen molar-refractivity contribution in [1.82, 2.24) is 20.5 Å². The molecule has 1 fully saturated rings. The van der Waals surface area contributed by atoms with Gasteiger partial charge in [-0.2, -0.15) is 0 Å². The molecule has 1 aromatic rings. The number of aliphatic imine (C=N–C) groups is 1. The Morgan fingerprint density at radius 3 is 2.74 bits per heavy atom. The first-order valence-corrected chi connectivity index (χ1v) is 10.0. The van der Waals surface area contributed by atoms with Gasteiger partial charge in [0.05, 0.1) is 13.2 Å². The summed E-state index contributed by atoms with van der Waals surface area (Å²) in [4.78, 5) is 22.8. The summed E-state index contributed by atoms with van der Waals surface area (Å²) in [6.07, 6.45) is 4.74. The van der Waals surface area contributed by atoms with Gasteiger partial charge in [0.2, 0.25) is 11.8 Å². The molecule has 1 heterocycles. The van der Waals surface area contributed by atoms with Gasteiger partial charge in [0.1, 0.15) is 0 Å². The van der Waals surface area contributed by atoms with Crippen molar-refractivity contribution in [1.29, 1.82) is 0 Å². The summed E-state index contributed by atoms with van der Waals surface area (Å²) in [5, 5.41) is 6.45. The van der Waals surface area contributed by atoms with Gasteiger partial charge in [0, 0.05) is 44.9 Å². The minimum Gasteiger partial charge on any atom is -0.477 e. The van der Waals surface area contributed by atoms with Crippen molar-refractivity contribution in [3.8, 4) is 5.88 Å². The summed E-state index contributed by atoms with van der Waals surface area (Å²) in [6.45, 7) is 10.1. The lowest BCUT2D eigenvalue weighted by atomic mass is 10.3. The standard InChI is InChI=1S/C20H33N5O2/c1-4-21-20(23-12-10-19(26)25(5-2)6-3)24-14-17-9-11-22-18(13-17)27-15-16-7-8-16/h9,11,13,16H,4-8,10,12,14-15H2,1-3H3,(H2,21,23,24). The third kappa shape index (κ3) is 7.85. The zero-order valence-electron chi connectivity index (χ0n) is 16.8. The number of rotatable bonds is 11. The van der Waals surface area contributed by atoms with E-state index in [1.54, 1.807) is 6.20 Å². The van der Waals surface area contributed by atoms with Gasteiger partial charge >= 0.3 is 0 Å². The van der Waals surface area contributed by atoms with Gasteiger partial charge in [-0.1, -0.05) is 0 Å². The van der Waals surface area contributed by atoms with Crippen LogP contribution in [-0.2, 0) is 11.3 Å². The molecule has 27 heavy (non-hydrogen) atoms. The third-order valence-electron chi connectivity index (χ3n) is 4.47. The maximum atomic E-state index is 12.1. The van der Waals surface area contributed by atoms with Crippen molar-refractivity contribution in [2.24, 2.45) is 10.9 Å². The molecule has 1 saturated carbocycles. The Balaban J connectivity index is 1.83. The number of ether oxygens (including phenoxy) is 1. The first kappa shape index (κ1) is 21.0. The van der Waals surface area contributed by atoms with E-state index in [-0.39, 0.29) is 5.91 Å². The molecule has 2 N–H and O–H groups in total. The number of pyridine rings is 1. The molecule has 0 saturated heterocycles. The average molecular weight is 376 g/mol. The molecule has 0 unspecified atom stereocenters. The lowest BCUT2D eigenvalue weighted by Crippen LogP contribution is -2.40. The van der Waals surface area contributed by atoms with Crippen molar-refractivity contribution in [3.63, 3.8) is 0 Å². The van der Waals surface area contributed by atoms with Crippen LogP contribution >= 0.6 is 0 Å². The number of carbonyl (C=O) groups is 1. The summed E-state index contributed by atoms with van der Waals surface area (Å²) < 4.78 is 5.73. The zero-order chi connectivity index (χ0) is 19.5. The second kappa shape index (κ2) is 11.4. The van der Waals surface area contributed by atoms with Crippen LogP contribution in [0.3, 0.4) is 0 Å². The highest BCUT2D eigenvalue weighted by Gasteiger charge is 2.22. The van der Waals surface area contributed by atoms with Gasteiger partial charge in [-0.15, -0.1) is 0 Å². The Hall–Kier alpha value is -2.31. The topological polar surface area (TPSA) is 78.9 Å². The Morgan fingerprint density at radius 2 is 2.07 bits per heavy atom. The van der Waals surface area contributed by atoms with Crippen LogP contribution in [0.4, 0.5) is 0 Å². The molecule has 1 aromatic heterocycles. The summed E-state index contributed by atoms with van der Waals surface area (Å²) in [6, 6.07) is 3.89. The summed E-state index contributed by atoms with van der Waals surface area (Å²) in [7, 11) is 0. The Kier molecular flexibility index (Phi) is 8.87. The van der Waals surface area contributed by atoms with E-state index in [1.807, 2.05) is 37.8 Å². The molecule has 2 rings (SSSR count). The van der Waals surface area contributed by atoms with E-state index in [4.69, 9.17) is 4.74 Å². The lowest BCUT2D eigenvalue weighted by molar-refractivity contribution is -0.130. The number of guanidine groups is 1. The molecule has 0 spiro atoms. The maximum Gasteiger partial charge on any atom is 0.224 e. The zero-order valence-corrected chi connectivity index (χ0v) is 16.8. The molecule has 0 aromatic carbocycles. The molecule has 0 aliphatic heterocycles. The molecule has 0 radical (unpaired) electrons. The van der Waals surface area contributed by atoms with Gasteiger partial charge in [0.25, 0.3) is 0 Å². The van der Waals surface area contributed by atoms with E-state index in [1.165, 1.54) is 12.8 Å². The van der Waals surface area contributed by atoms with E-state index in [9.17, 15) is 4.79 Å². The quantitative estimate of drug-likeness (QED) is 0.458. The Morgan fingerprint density at radius 1 is 1.30 bits per heavy atom. The molecule has 0 bridgehead atoms. The minimum absolute atomic E-state index is 0.162.